The van der Waals surface area contributed by atoms with E-state index in [4.69, 9.17) is 21.1 Å². The van der Waals surface area contributed by atoms with Crippen molar-refractivity contribution in [1.29, 1.82) is 0 Å². The second-order valence-corrected chi connectivity index (χ2v) is 6.85. The van der Waals surface area contributed by atoms with Crippen LogP contribution in [0.3, 0.4) is 0 Å². The predicted octanol–water partition coefficient (Wildman–Crippen LogP) is 6.02. The molecule has 0 amide bonds. The fraction of sp³-hybridized carbons (Fsp3) is 0.130. The molecular weight excluding hydrogens is 358 g/mol. The third-order valence-electron chi connectivity index (χ3n) is 4.89. The van der Waals surface area contributed by atoms with Gasteiger partial charge in [0.1, 0.15) is 11.5 Å². The lowest BCUT2D eigenvalue weighted by Crippen LogP contribution is -2.03. The van der Waals surface area contributed by atoms with Gasteiger partial charge in [-0.1, -0.05) is 35.9 Å². The van der Waals surface area contributed by atoms with E-state index in [2.05, 4.69) is 35.4 Å². The minimum Gasteiger partial charge on any atom is -0.497 e. The van der Waals surface area contributed by atoms with Crippen molar-refractivity contribution < 1.29 is 9.47 Å². The summed E-state index contributed by atoms with van der Waals surface area (Å²) in [6.45, 7) is 0. The van der Waals surface area contributed by atoms with E-state index in [0.29, 0.717) is 0 Å². The van der Waals surface area contributed by atoms with Crippen molar-refractivity contribution in [1.82, 2.24) is 4.98 Å². The molecule has 4 aromatic rings. The van der Waals surface area contributed by atoms with E-state index in [0.717, 1.165) is 27.4 Å². The van der Waals surface area contributed by atoms with E-state index < -0.39 is 0 Å². The zero-order valence-electron chi connectivity index (χ0n) is 15.2. The van der Waals surface area contributed by atoms with Crippen molar-refractivity contribution in [3.8, 4) is 11.5 Å². The molecule has 3 nitrogen and oxygen atoms in total. The first kappa shape index (κ1) is 17.5. The summed E-state index contributed by atoms with van der Waals surface area (Å²) in [6.07, 6.45) is 2.07. The van der Waals surface area contributed by atoms with Gasteiger partial charge in [0.25, 0.3) is 0 Å². The molecule has 4 heteroatoms. The Kier molecular flexibility index (Phi) is 4.78. The van der Waals surface area contributed by atoms with Gasteiger partial charge in [-0.2, -0.15) is 0 Å². The van der Waals surface area contributed by atoms with E-state index in [1.165, 1.54) is 16.7 Å². The number of nitrogens with one attached hydrogen (secondary N) is 1. The number of ether oxygens (including phenoxy) is 2. The van der Waals surface area contributed by atoms with Gasteiger partial charge in [0.05, 0.1) is 14.2 Å². The maximum absolute atomic E-state index is 6.28. The van der Waals surface area contributed by atoms with Crippen LogP contribution in [0.25, 0.3) is 10.9 Å². The first-order chi connectivity index (χ1) is 13.2. The van der Waals surface area contributed by atoms with Gasteiger partial charge in [-0.3, -0.25) is 0 Å². The van der Waals surface area contributed by atoms with E-state index >= 15 is 0 Å². The highest BCUT2D eigenvalue weighted by Crippen LogP contribution is 2.38. The summed E-state index contributed by atoms with van der Waals surface area (Å²) >= 11 is 6.28. The number of hydrogen-bond donors (Lipinski definition) is 1. The van der Waals surface area contributed by atoms with Gasteiger partial charge in [0.2, 0.25) is 0 Å². The van der Waals surface area contributed by atoms with Crippen LogP contribution < -0.4 is 9.47 Å². The Hall–Kier alpha value is -2.91. The molecule has 1 aromatic heterocycles. The molecule has 0 fully saturated rings. The van der Waals surface area contributed by atoms with E-state index in [9.17, 15) is 0 Å². The number of halogens is 1. The van der Waals surface area contributed by atoms with Crippen molar-refractivity contribution in [3.05, 3.63) is 94.6 Å². The molecule has 3 aromatic carbocycles. The quantitative estimate of drug-likeness (QED) is 0.461. The highest BCUT2D eigenvalue weighted by Gasteiger charge is 2.20. The number of benzene rings is 3. The topological polar surface area (TPSA) is 34.2 Å². The predicted molar refractivity (Wildman–Crippen MR) is 110 cm³/mol. The molecule has 0 aliphatic heterocycles. The molecule has 0 unspecified atom stereocenters. The van der Waals surface area contributed by atoms with Crippen LogP contribution >= 0.6 is 11.6 Å². The summed E-state index contributed by atoms with van der Waals surface area (Å²) in [5, 5.41) is 1.85. The number of aromatic amines is 1. The summed E-state index contributed by atoms with van der Waals surface area (Å²) in [5.74, 6) is 1.75. The van der Waals surface area contributed by atoms with E-state index in [1.54, 1.807) is 14.2 Å². The molecule has 1 N–H and O–H groups in total. The third kappa shape index (κ3) is 3.38. The SMILES string of the molecule is COc1ccc(C(c2ccc(OC)cc2)c2c[nH]c3ccc(Cl)cc23)cc1. The molecule has 0 aliphatic carbocycles. The van der Waals surface area contributed by atoms with Gasteiger partial charge in [0.15, 0.2) is 0 Å². The molecule has 0 saturated carbocycles. The summed E-state index contributed by atoms with van der Waals surface area (Å²) < 4.78 is 10.6. The summed E-state index contributed by atoms with van der Waals surface area (Å²) in [5.41, 5.74) is 4.62. The fourth-order valence-corrected chi connectivity index (χ4v) is 3.67. The molecular formula is C23H20ClNO2. The number of rotatable bonds is 5. The second-order valence-electron chi connectivity index (χ2n) is 6.41. The Morgan fingerprint density at radius 1 is 0.778 bits per heavy atom. The number of methoxy groups -OCH3 is 2. The van der Waals surface area contributed by atoms with Crippen molar-refractivity contribution in [3.63, 3.8) is 0 Å². The minimum atomic E-state index is 0.0639. The van der Waals surface area contributed by atoms with Crippen LogP contribution in [0.1, 0.15) is 22.6 Å². The first-order valence-corrected chi connectivity index (χ1v) is 9.12. The monoisotopic (exact) mass is 377 g/mol. The van der Waals surface area contributed by atoms with Crippen molar-refractivity contribution in [2.45, 2.75) is 5.92 Å². The molecule has 136 valence electrons. The van der Waals surface area contributed by atoms with Crippen LogP contribution in [0, 0.1) is 0 Å². The zero-order chi connectivity index (χ0) is 18.8. The van der Waals surface area contributed by atoms with Crippen LogP contribution in [0.2, 0.25) is 5.02 Å². The molecule has 1 heterocycles. The standard InChI is InChI=1S/C23H20ClNO2/c1-26-18-8-3-15(4-9-18)23(16-5-10-19(27-2)11-6-16)21-14-25-22-12-7-17(24)13-20(21)22/h3-14,23,25H,1-2H3. The number of H-pyrrole nitrogens is 1. The van der Waals surface area contributed by atoms with Crippen molar-refractivity contribution in [2.24, 2.45) is 0 Å². The molecule has 0 atom stereocenters. The Morgan fingerprint density at radius 3 is 1.85 bits per heavy atom. The molecule has 0 bridgehead atoms. The van der Waals surface area contributed by atoms with Gasteiger partial charge in [-0.05, 0) is 59.2 Å². The Bertz CT molecular complexity index is 1000. The largest absolute Gasteiger partial charge is 0.497 e. The Labute approximate surface area is 163 Å². The highest BCUT2D eigenvalue weighted by molar-refractivity contribution is 6.31. The lowest BCUT2D eigenvalue weighted by Gasteiger charge is -2.19. The van der Waals surface area contributed by atoms with Crippen LogP contribution in [-0.2, 0) is 0 Å². The fourth-order valence-electron chi connectivity index (χ4n) is 3.50. The average Bonchev–Trinajstić information content (AvgIpc) is 3.12. The minimum absolute atomic E-state index is 0.0639. The maximum Gasteiger partial charge on any atom is 0.118 e. The summed E-state index contributed by atoms with van der Waals surface area (Å²) in [6, 6.07) is 22.3. The summed E-state index contributed by atoms with van der Waals surface area (Å²) in [7, 11) is 3.36. The van der Waals surface area contributed by atoms with E-state index in [-0.39, 0.29) is 5.92 Å². The third-order valence-corrected chi connectivity index (χ3v) is 5.12. The van der Waals surface area contributed by atoms with Crippen LogP contribution in [-0.4, -0.2) is 19.2 Å². The maximum atomic E-state index is 6.28. The molecule has 0 spiro atoms. The molecule has 4 rings (SSSR count). The number of hydrogen-bond acceptors (Lipinski definition) is 2. The first-order valence-electron chi connectivity index (χ1n) is 8.74. The molecule has 0 saturated heterocycles. The number of fused-ring (bicyclic) bond motifs is 1. The summed E-state index contributed by atoms with van der Waals surface area (Å²) in [4.78, 5) is 3.37. The van der Waals surface area contributed by atoms with Crippen LogP contribution in [0.15, 0.2) is 72.9 Å². The smallest absolute Gasteiger partial charge is 0.118 e. The van der Waals surface area contributed by atoms with E-state index in [1.807, 2.05) is 42.5 Å². The van der Waals surface area contributed by atoms with Crippen molar-refractivity contribution in [2.75, 3.05) is 14.2 Å². The van der Waals surface area contributed by atoms with Crippen LogP contribution in [0.5, 0.6) is 11.5 Å². The second kappa shape index (κ2) is 7.37. The molecule has 0 aliphatic rings. The normalized spacial score (nSPS) is 11.1. The van der Waals surface area contributed by atoms with Gasteiger partial charge in [-0.25, -0.2) is 0 Å². The number of aromatic nitrogens is 1. The Balaban J connectivity index is 1.89. The van der Waals surface area contributed by atoms with Gasteiger partial charge >= 0.3 is 0 Å². The lowest BCUT2D eigenvalue weighted by atomic mass is 9.85. The lowest BCUT2D eigenvalue weighted by molar-refractivity contribution is 0.414. The Morgan fingerprint density at radius 2 is 1.33 bits per heavy atom. The van der Waals surface area contributed by atoms with Gasteiger partial charge in [-0.15, -0.1) is 0 Å². The van der Waals surface area contributed by atoms with Crippen molar-refractivity contribution >= 4 is 22.5 Å². The molecule has 27 heavy (non-hydrogen) atoms. The molecule has 0 radical (unpaired) electrons. The van der Waals surface area contributed by atoms with Crippen LogP contribution in [0.4, 0.5) is 0 Å². The van der Waals surface area contributed by atoms with Gasteiger partial charge < -0.3 is 14.5 Å². The average molecular weight is 378 g/mol. The zero-order valence-corrected chi connectivity index (χ0v) is 16.0. The van der Waals surface area contributed by atoms with Gasteiger partial charge in [0, 0.05) is 28.0 Å². The highest BCUT2D eigenvalue weighted by atomic mass is 35.5.